The van der Waals surface area contributed by atoms with Crippen LogP contribution in [0.4, 0.5) is 14.3 Å². The van der Waals surface area contributed by atoms with Gasteiger partial charge in [-0.3, -0.25) is 14.5 Å². The van der Waals surface area contributed by atoms with Crippen LogP contribution in [0.25, 0.3) is 0 Å². The third-order valence-electron chi connectivity index (χ3n) is 4.26. The molecule has 0 spiro atoms. The van der Waals surface area contributed by atoms with E-state index in [1.807, 2.05) is 0 Å². The highest BCUT2D eigenvalue weighted by molar-refractivity contribution is 7.15. The first-order chi connectivity index (χ1) is 14.0. The van der Waals surface area contributed by atoms with E-state index in [0.717, 1.165) is 4.90 Å². The second-order valence-corrected chi connectivity index (χ2v) is 7.45. The van der Waals surface area contributed by atoms with Crippen LogP contribution in [0.2, 0.25) is 0 Å². The summed E-state index contributed by atoms with van der Waals surface area (Å²) in [5.41, 5.74) is 0.693. The van der Waals surface area contributed by atoms with E-state index in [1.165, 1.54) is 30.6 Å². The molecule has 2 N–H and O–H groups in total. The Morgan fingerprint density at radius 1 is 1.38 bits per heavy atom. The van der Waals surface area contributed by atoms with Crippen molar-refractivity contribution in [1.29, 1.82) is 0 Å². The quantitative estimate of drug-likeness (QED) is 0.596. The number of anilines is 1. The number of nitrogens with one attached hydrogen (secondary N) is 2. The number of rotatable bonds is 9. The van der Waals surface area contributed by atoms with Crippen molar-refractivity contribution < 1.29 is 23.5 Å². The number of hydrogen-bond acceptors (Lipinski definition) is 7. The van der Waals surface area contributed by atoms with Crippen molar-refractivity contribution in [2.24, 2.45) is 0 Å². The molecule has 0 radical (unpaired) electrons. The summed E-state index contributed by atoms with van der Waals surface area (Å²) in [7, 11) is 1.54. The number of benzene rings is 1. The van der Waals surface area contributed by atoms with E-state index in [4.69, 9.17) is 4.74 Å². The van der Waals surface area contributed by atoms with Crippen molar-refractivity contribution in [2.75, 3.05) is 19.0 Å². The fraction of sp³-hybridized carbons (Fsp3) is 0.389. The van der Waals surface area contributed by atoms with Crippen molar-refractivity contribution in [2.45, 2.75) is 31.9 Å². The number of ether oxygens (including phenoxy) is 1. The van der Waals surface area contributed by atoms with Crippen molar-refractivity contribution in [3.8, 4) is 0 Å². The molecular weight excluding hydrogens is 401 g/mol. The van der Waals surface area contributed by atoms with Gasteiger partial charge in [0.1, 0.15) is 23.5 Å². The molecule has 1 aromatic heterocycles. The zero-order valence-electron chi connectivity index (χ0n) is 15.7. The van der Waals surface area contributed by atoms with Gasteiger partial charge in [-0.2, -0.15) is 0 Å². The largest absolute Gasteiger partial charge is 0.377 e. The Labute approximate surface area is 170 Å². The standard InChI is InChI=1S/C18H20FN5O4S/c1-28-10-15-22-23-17(29-15)21-14(25)6-5-13-16(26)24(18(27)20-13)8-7-11-3-2-4-12(19)9-11/h2-4,9,13H,5-8,10H2,1H3,(H,20,27)(H,21,23,25)/t13-/m0/s1. The summed E-state index contributed by atoms with van der Waals surface area (Å²) in [5, 5.41) is 13.9. The number of hydrogen-bond donors (Lipinski definition) is 2. The smallest absolute Gasteiger partial charge is 0.324 e. The number of methoxy groups -OCH3 is 1. The Kier molecular flexibility index (Phi) is 6.83. The van der Waals surface area contributed by atoms with Gasteiger partial charge in [-0.1, -0.05) is 23.5 Å². The lowest BCUT2D eigenvalue weighted by Crippen LogP contribution is -2.33. The summed E-state index contributed by atoms with van der Waals surface area (Å²) in [5.74, 6) is -1.09. The molecule has 2 aromatic rings. The number of imide groups is 1. The molecule has 1 aliphatic rings. The van der Waals surface area contributed by atoms with E-state index in [0.29, 0.717) is 28.7 Å². The average molecular weight is 421 g/mol. The Morgan fingerprint density at radius 2 is 2.21 bits per heavy atom. The lowest BCUT2D eigenvalue weighted by molar-refractivity contribution is -0.127. The minimum atomic E-state index is -0.765. The van der Waals surface area contributed by atoms with Crippen LogP contribution in [-0.4, -0.2) is 52.6 Å². The molecule has 3 rings (SSSR count). The molecule has 29 heavy (non-hydrogen) atoms. The Bertz CT molecular complexity index is 906. The van der Waals surface area contributed by atoms with Gasteiger partial charge >= 0.3 is 6.03 Å². The predicted molar refractivity (Wildman–Crippen MR) is 103 cm³/mol. The third-order valence-corrected chi connectivity index (χ3v) is 5.07. The van der Waals surface area contributed by atoms with Gasteiger partial charge in [0.05, 0.1) is 0 Å². The number of aromatic nitrogens is 2. The molecule has 154 valence electrons. The molecule has 0 unspecified atom stereocenters. The molecule has 9 nitrogen and oxygen atoms in total. The maximum Gasteiger partial charge on any atom is 0.324 e. The molecule has 1 fully saturated rings. The van der Waals surface area contributed by atoms with E-state index in [9.17, 15) is 18.8 Å². The first-order valence-electron chi connectivity index (χ1n) is 8.93. The molecule has 1 saturated heterocycles. The summed E-state index contributed by atoms with van der Waals surface area (Å²) in [6.07, 6.45) is 0.551. The molecule has 4 amide bonds. The number of nitrogens with zero attached hydrogens (tertiary/aromatic N) is 3. The minimum absolute atomic E-state index is 0.0353. The monoisotopic (exact) mass is 421 g/mol. The minimum Gasteiger partial charge on any atom is -0.377 e. The first kappa shape index (κ1) is 20.8. The number of amides is 4. The Hall–Kier alpha value is -2.92. The van der Waals surface area contributed by atoms with Gasteiger partial charge in [0.2, 0.25) is 11.0 Å². The van der Waals surface area contributed by atoms with Crippen LogP contribution in [0.1, 0.15) is 23.4 Å². The van der Waals surface area contributed by atoms with Crippen LogP contribution in [0.15, 0.2) is 24.3 Å². The first-order valence-corrected chi connectivity index (χ1v) is 9.75. The molecule has 2 heterocycles. The van der Waals surface area contributed by atoms with Gasteiger partial charge in [0.25, 0.3) is 5.91 Å². The van der Waals surface area contributed by atoms with Gasteiger partial charge in [-0.05, 0) is 30.5 Å². The zero-order chi connectivity index (χ0) is 20.8. The SMILES string of the molecule is COCc1nnc(NC(=O)CC[C@@H]2NC(=O)N(CCc3cccc(F)c3)C2=O)s1. The Morgan fingerprint density at radius 3 is 2.97 bits per heavy atom. The van der Waals surface area contributed by atoms with Crippen LogP contribution < -0.4 is 10.6 Å². The highest BCUT2D eigenvalue weighted by Crippen LogP contribution is 2.17. The molecule has 1 aliphatic heterocycles. The van der Waals surface area contributed by atoms with E-state index in [-0.39, 0.29) is 31.1 Å². The molecule has 11 heteroatoms. The van der Waals surface area contributed by atoms with E-state index in [2.05, 4.69) is 20.8 Å². The van der Waals surface area contributed by atoms with Crippen molar-refractivity contribution >= 4 is 34.3 Å². The second kappa shape index (κ2) is 9.52. The fourth-order valence-electron chi connectivity index (χ4n) is 2.86. The van der Waals surface area contributed by atoms with Gasteiger partial charge < -0.3 is 15.4 Å². The van der Waals surface area contributed by atoms with Crippen LogP contribution in [0, 0.1) is 5.82 Å². The highest BCUT2D eigenvalue weighted by atomic mass is 32.1. The van der Waals surface area contributed by atoms with Crippen LogP contribution in [0.3, 0.4) is 0 Å². The average Bonchev–Trinajstić information content (AvgIpc) is 3.23. The maximum absolute atomic E-state index is 13.2. The maximum atomic E-state index is 13.2. The molecule has 1 aromatic carbocycles. The van der Waals surface area contributed by atoms with Crippen LogP contribution in [0.5, 0.6) is 0 Å². The van der Waals surface area contributed by atoms with E-state index in [1.54, 1.807) is 12.1 Å². The molecule has 1 atom stereocenters. The summed E-state index contributed by atoms with van der Waals surface area (Å²) in [4.78, 5) is 37.7. The Balaban J connectivity index is 1.46. The van der Waals surface area contributed by atoms with E-state index < -0.39 is 18.0 Å². The van der Waals surface area contributed by atoms with Gasteiger partial charge in [0.15, 0.2) is 0 Å². The van der Waals surface area contributed by atoms with Crippen molar-refractivity contribution in [1.82, 2.24) is 20.4 Å². The van der Waals surface area contributed by atoms with Crippen LogP contribution >= 0.6 is 11.3 Å². The highest BCUT2D eigenvalue weighted by Gasteiger charge is 2.37. The predicted octanol–water partition coefficient (Wildman–Crippen LogP) is 1.71. The number of carbonyl (C=O) groups is 3. The summed E-state index contributed by atoms with van der Waals surface area (Å²) < 4.78 is 18.2. The lowest BCUT2D eigenvalue weighted by Gasteiger charge is -2.13. The van der Waals surface area contributed by atoms with Crippen LogP contribution in [-0.2, 0) is 27.4 Å². The van der Waals surface area contributed by atoms with E-state index >= 15 is 0 Å². The normalized spacial score (nSPS) is 16.2. The number of urea groups is 1. The number of carbonyl (C=O) groups excluding carboxylic acids is 3. The summed E-state index contributed by atoms with van der Waals surface area (Å²) in [6.45, 7) is 0.450. The zero-order valence-corrected chi connectivity index (χ0v) is 16.5. The summed E-state index contributed by atoms with van der Waals surface area (Å²) >= 11 is 1.20. The summed E-state index contributed by atoms with van der Waals surface area (Å²) in [6, 6.07) is 4.73. The number of halogens is 1. The molecular formula is C18H20FN5O4S. The van der Waals surface area contributed by atoms with Crippen molar-refractivity contribution in [3.05, 3.63) is 40.7 Å². The molecule has 0 saturated carbocycles. The molecule has 0 bridgehead atoms. The van der Waals surface area contributed by atoms with Gasteiger partial charge in [-0.15, -0.1) is 10.2 Å². The topological polar surface area (TPSA) is 114 Å². The fourth-order valence-corrected chi connectivity index (χ4v) is 3.59. The van der Waals surface area contributed by atoms with Gasteiger partial charge in [-0.25, -0.2) is 9.18 Å². The third kappa shape index (κ3) is 5.55. The van der Waals surface area contributed by atoms with Gasteiger partial charge in [0, 0.05) is 20.1 Å². The second-order valence-electron chi connectivity index (χ2n) is 6.39. The van der Waals surface area contributed by atoms with Crippen molar-refractivity contribution in [3.63, 3.8) is 0 Å². The molecule has 0 aliphatic carbocycles. The lowest BCUT2D eigenvalue weighted by atomic mass is 10.1.